The number of carbonyl (C=O) groups is 1. The van der Waals surface area contributed by atoms with E-state index in [2.05, 4.69) is 25.8 Å². The van der Waals surface area contributed by atoms with Crippen LogP contribution in [0, 0.1) is 6.92 Å². The van der Waals surface area contributed by atoms with Gasteiger partial charge >= 0.3 is 0 Å². The van der Waals surface area contributed by atoms with Gasteiger partial charge in [-0.05, 0) is 34.1 Å². The summed E-state index contributed by atoms with van der Waals surface area (Å²) in [7, 11) is 5.42. The molecule has 26 heavy (non-hydrogen) atoms. The van der Waals surface area contributed by atoms with Crippen molar-refractivity contribution in [3.63, 3.8) is 0 Å². The van der Waals surface area contributed by atoms with Crippen LogP contribution in [-0.4, -0.2) is 70.9 Å². The smallest absolute Gasteiger partial charge is 0.240 e. The molecule has 2 N–H and O–H groups in total. The number of aryl methyl sites for hydroxylation is 1. The number of amides is 1. The van der Waals surface area contributed by atoms with Crippen LogP contribution in [0.1, 0.15) is 38.8 Å². The lowest BCUT2D eigenvalue weighted by molar-refractivity contribution is -0.122. The number of likely N-dealkylation sites (N-methyl/N-ethyl adjacent to an activating group) is 1. The molecule has 9 nitrogen and oxygen atoms in total. The third-order valence-corrected chi connectivity index (χ3v) is 3.62. The fourth-order valence-electron chi connectivity index (χ4n) is 2.21. The predicted octanol–water partition coefficient (Wildman–Crippen LogP) is 0.452. The molecule has 0 spiro atoms. The molecule has 0 fully saturated rings. The second-order valence-electron chi connectivity index (χ2n) is 7.29. The molecule has 0 aliphatic heterocycles. The highest BCUT2D eigenvalue weighted by atomic mass is 16.5. The molecule has 0 aliphatic carbocycles. The quantitative estimate of drug-likeness (QED) is 0.393. The van der Waals surface area contributed by atoms with Crippen LogP contribution in [0.15, 0.2) is 4.99 Å². The van der Waals surface area contributed by atoms with Crippen molar-refractivity contribution in [2.24, 2.45) is 12.0 Å². The minimum absolute atomic E-state index is 0.0547. The maximum atomic E-state index is 12.2. The Kier molecular flexibility index (Phi) is 8.50. The number of nitrogens with one attached hydrogen (secondary N) is 2. The molecule has 0 unspecified atom stereocenters. The first-order valence-corrected chi connectivity index (χ1v) is 8.78. The van der Waals surface area contributed by atoms with Gasteiger partial charge in [-0.25, -0.2) is 4.99 Å². The minimum atomic E-state index is -0.267. The van der Waals surface area contributed by atoms with Gasteiger partial charge in [0.1, 0.15) is 12.4 Å². The average Bonchev–Trinajstić information content (AvgIpc) is 2.84. The van der Waals surface area contributed by atoms with Gasteiger partial charge < -0.3 is 24.8 Å². The molecule has 1 rings (SSSR count). The number of nitrogens with zero attached hydrogens (tertiary/aromatic N) is 5. The summed E-state index contributed by atoms with van der Waals surface area (Å²) in [6.07, 6.45) is 0.848. The molecule has 0 bridgehead atoms. The molecule has 0 saturated heterocycles. The largest absolute Gasteiger partial charge is 0.385 e. The number of hydrogen-bond donors (Lipinski definition) is 2. The third-order valence-electron chi connectivity index (χ3n) is 3.62. The Morgan fingerprint density at radius 3 is 2.58 bits per heavy atom. The Balaban J connectivity index is 2.77. The van der Waals surface area contributed by atoms with Crippen molar-refractivity contribution in [1.29, 1.82) is 0 Å². The lowest BCUT2D eigenvalue weighted by atomic mass is 10.1. The van der Waals surface area contributed by atoms with Gasteiger partial charge in [0.2, 0.25) is 5.91 Å². The van der Waals surface area contributed by atoms with Crippen molar-refractivity contribution in [2.75, 3.05) is 33.9 Å². The van der Waals surface area contributed by atoms with Gasteiger partial charge in [0.15, 0.2) is 11.8 Å². The number of aliphatic imine (C=N–C) groups is 1. The van der Waals surface area contributed by atoms with Gasteiger partial charge in [-0.2, -0.15) is 0 Å². The Bertz CT molecular complexity index is 605. The van der Waals surface area contributed by atoms with Crippen molar-refractivity contribution >= 4 is 11.9 Å². The standard InChI is InChI=1S/C17H33N7O2/c1-13-21-22-14(24(13)6)11-19-16(18-9-8-10-26-7)23(5)12-15(25)20-17(2,3)4/h8-12H2,1-7H3,(H,18,19)(H,20,25). The van der Waals surface area contributed by atoms with Gasteiger partial charge in [-0.15, -0.1) is 10.2 Å². The molecule has 1 aromatic rings. The zero-order chi connectivity index (χ0) is 19.7. The summed E-state index contributed by atoms with van der Waals surface area (Å²) in [6, 6.07) is 0. The summed E-state index contributed by atoms with van der Waals surface area (Å²) in [4.78, 5) is 18.6. The third kappa shape index (κ3) is 7.81. The van der Waals surface area contributed by atoms with E-state index in [1.54, 1.807) is 12.0 Å². The Morgan fingerprint density at radius 1 is 1.35 bits per heavy atom. The lowest BCUT2D eigenvalue weighted by Gasteiger charge is -2.25. The van der Waals surface area contributed by atoms with Gasteiger partial charge in [0, 0.05) is 39.9 Å². The van der Waals surface area contributed by atoms with E-state index in [-0.39, 0.29) is 18.0 Å². The van der Waals surface area contributed by atoms with Crippen LogP contribution in [-0.2, 0) is 23.1 Å². The fourth-order valence-corrected chi connectivity index (χ4v) is 2.21. The second kappa shape index (κ2) is 10.1. The van der Waals surface area contributed by atoms with Crippen LogP contribution in [0.2, 0.25) is 0 Å². The number of carbonyl (C=O) groups excluding carboxylic acids is 1. The van der Waals surface area contributed by atoms with Crippen molar-refractivity contribution in [1.82, 2.24) is 30.3 Å². The van der Waals surface area contributed by atoms with E-state index in [1.807, 2.05) is 46.4 Å². The van der Waals surface area contributed by atoms with Crippen molar-refractivity contribution < 1.29 is 9.53 Å². The van der Waals surface area contributed by atoms with Crippen LogP contribution in [0.25, 0.3) is 0 Å². The maximum absolute atomic E-state index is 12.2. The second-order valence-corrected chi connectivity index (χ2v) is 7.29. The van der Waals surface area contributed by atoms with Crippen LogP contribution in [0.5, 0.6) is 0 Å². The number of guanidine groups is 1. The summed E-state index contributed by atoms with van der Waals surface area (Å²) < 4.78 is 6.97. The first-order valence-electron chi connectivity index (χ1n) is 8.78. The topological polar surface area (TPSA) is 96.7 Å². The molecule has 1 heterocycles. The van der Waals surface area contributed by atoms with Crippen LogP contribution < -0.4 is 10.6 Å². The lowest BCUT2D eigenvalue weighted by Crippen LogP contribution is -2.49. The molecule has 0 aliphatic rings. The van der Waals surface area contributed by atoms with E-state index >= 15 is 0 Å². The average molecular weight is 367 g/mol. The Labute approximate surface area is 156 Å². The van der Waals surface area contributed by atoms with E-state index < -0.39 is 0 Å². The van der Waals surface area contributed by atoms with E-state index in [9.17, 15) is 4.79 Å². The van der Waals surface area contributed by atoms with Crippen molar-refractivity contribution in [3.05, 3.63) is 11.6 Å². The van der Waals surface area contributed by atoms with Crippen LogP contribution in [0.4, 0.5) is 0 Å². The van der Waals surface area contributed by atoms with E-state index in [1.165, 1.54) is 0 Å². The van der Waals surface area contributed by atoms with Gasteiger partial charge in [-0.1, -0.05) is 0 Å². The molecule has 148 valence electrons. The van der Waals surface area contributed by atoms with Gasteiger partial charge in [0.25, 0.3) is 0 Å². The first-order chi connectivity index (χ1) is 12.1. The van der Waals surface area contributed by atoms with Crippen molar-refractivity contribution in [3.8, 4) is 0 Å². The highest BCUT2D eigenvalue weighted by molar-refractivity contribution is 5.86. The summed E-state index contributed by atoms with van der Waals surface area (Å²) in [5.41, 5.74) is -0.267. The monoisotopic (exact) mass is 367 g/mol. The number of hydrogen-bond acceptors (Lipinski definition) is 5. The van der Waals surface area contributed by atoms with Gasteiger partial charge in [0.05, 0.1) is 6.54 Å². The fraction of sp³-hybridized carbons (Fsp3) is 0.765. The van der Waals surface area contributed by atoms with Gasteiger partial charge in [-0.3, -0.25) is 4.79 Å². The molecular formula is C17H33N7O2. The zero-order valence-corrected chi connectivity index (χ0v) is 17.1. The van der Waals surface area contributed by atoms with Crippen LogP contribution >= 0.6 is 0 Å². The zero-order valence-electron chi connectivity index (χ0n) is 17.1. The van der Waals surface area contributed by atoms with Crippen LogP contribution in [0.3, 0.4) is 0 Å². The molecule has 0 atom stereocenters. The van der Waals surface area contributed by atoms with E-state index in [0.29, 0.717) is 25.7 Å². The predicted molar refractivity (Wildman–Crippen MR) is 102 cm³/mol. The molecule has 0 aromatic carbocycles. The minimum Gasteiger partial charge on any atom is -0.385 e. The highest BCUT2D eigenvalue weighted by Crippen LogP contribution is 2.01. The number of aromatic nitrogens is 3. The maximum Gasteiger partial charge on any atom is 0.240 e. The summed E-state index contributed by atoms with van der Waals surface area (Å²) >= 11 is 0. The molecule has 1 amide bonds. The molecule has 1 aromatic heterocycles. The Morgan fingerprint density at radius 2 is 2.04 bits per heavy atom. The first kappa shape index (κ1) is 21.9. The van der Waals surface area contributed by atoms with E-state index in [0.717, 1.165) is 18.1 Å². The highest BCUT2D eigenvalue weighted by Gasteiger charge is 2.17. The normalized spacial score (nSPS) is 12.2. The summed E-state index contributed by atoms with van der Waals surface area (Å²) in [5.74, 6) is 2.20. The number of rotatable bonds is 8. The number of methoxy groups -OCH3 is 1. The van der Waals surface area contributed by atoms with E-state index in [4.69, 9.17) is 4.74 Å². The Hall–Kier alpha value is -2.16. The number of ether oxygens (including phenoxy) is 1. The molecule has 0 saturated carbocycles. The van der Waals surface area contributed by atoms with Crippen molar-refractivity contribution in [2.45, 2.75) is 46.2 Å². The molecule has 9 heteroatoms. The molecular weight excluding hydrogens is 334 g/mol. The summed E-state index contributed by atoms with van der Waals surface area (Å²) in [6.45, 7) is 9.73. The summed E-state index contributed by atoms with van der Waals surface area (Å²) in [5, 5.41) is 14.4. The molecule has 0 radical (unpaired) electrons. The SMILES string of the molecule is COCCCNC(=NCc1nnc(C)n1C)N(C)CC(=O)NC(C)(C)C.